The van der Waals surface area contributed by atoms with Crippen molar-refractivity contribution in [1.29, 1.82) is 0 Å². The zero-order valence-corrected chi connectivity index (χ0v) is 19.8. The van der Waals surface area contributed by atoms with E-state index in [-0.39, 0.29) is 17.7 Å². The fourth-order valence-electron chi connectivity index (χ4n) is 3.66. The van der Waals surface area contributed by atoms with Gasteiger partial charge in [0.15, 0.2) is 0 Å². The van der Waals surface area contributed by atoms with Gasteiger partial charge in [-0.3, -0.25) is 4.79 Å². The highest BCUT2D eigenvalue weighted by Gasteiger charge is 2.26. The third kappa shape index (κ3) is 5.79. The number of hydrogen-bond donors (Lipinski definition) is 1. The van der Waals surface area contributed by atoms with E-state index in [9.17, 15) is 13.2 Å². The Balaban J connectivity index is 1.65. The van der Waals surface area contributed by atoms with E-state index >= 15 is 0 Å². The minimum absolute atomic E-state index is 0.0734. The number of sulfonamides is 1. The predicted octanol–water partition coefficient (Wildman–Crippen LogP) is 2.27. The van der Waals surface area contributed by atoms with Crippen LogP contribution in [0, 0.1) is 0 Å². The van der Waals surface area contributed by atoms with Gasteiger partial charge in [0.2, 0.25) is 10.0 Å². The Morgan fingerprint density at radius 3 is 2.28 bits per heavy atom. The Morgan fingerprint density at radius 2 is 1.69 bits per heavy atom. The van der Waals surface area contributed by atoms with Crippen molar-refractivity contribution < 1.29 is 22.7 Å². The standard InChI is InChI=1S/C23H31N3O5S/c1-17(21-15-20(30-3)9-10-22(21)31-4)24-23(27)19-7-5-18(6-8-19)16-32(28,29)26-13-11-25(2)12-14-26/h5-10,15,17H,11-14,16H2,1-4H3,(H,24,27)/t17-/m1/s1. The van der Waals surface area contributed by atoms with Gasteiger partial charge in [0.1, 0.15) is 11.5 Å². The van der Waals surface area contributed by atoms with Gasteiger partial charge in [-0.2, -0.15) is 4.31 Å². The van der Waals surface area contributed by atoms with Gasteiger partial charge in [-0.1, -0.05) is 12.1 Å². The van der Waals surface area contributed by atoms with Crippen LogP contribution in [-0.2, 0) is 15.8 Å². The number of likely N-dealkylation sites (N-methyl/N-ethyl adjacent to an activating group) is 1. The first-order chi connectivity index (χ1) is 15.2. The van der Waals surface area contributed by atoms with Crippen LogP contribution in [0.25, 0.3) is 0 Å². The molecule has 8 nitrogen and oxygen atoms in total. The molecule has 1 N–H and O–H groups in total. The van der Waals surface area contributed by atoms with Crippen molar-refractivity contribution in [2.24, 2.45) is 0 Å². The average Bonchev–Trinajstić information content (AvgIpc) is 2.79. The molecule has 3 rings (SSSR count). The molecule has 2 aromatic rings. The molecule has 0 unspecified atom stereocenters. The normalized spacial score (nSPS) is 16.4. The summed E-state index contributed by atoms with van der Waals surface area (Å²) in [6, 6.07) is 11.8. The summed E-state index contributed by atoms with van der Waals surface area (Å²) in [5, 5.41) is 2.96. The van der Waals surface area contributed by atoms with Crippen LogP contribution in [0.2, 0.25) is 0 Å². The molecule has 1 heterocycles. The van der Waals surface area contributed by atoms with Crippen LogP contribution in [0.15, 0.2) is 42.5 Å². The van der Waals surface area contributed by atoms with Crippen LogP contribution in [0.4, 0.5) is 0 Å². The smallest absolute Gasteiger partial charge is 0.251 e. The molecule has 0 bridgehead atoms. The molecular weight excluding hydrogens is 430 g/mol. The zero-order valence-electron chi connectivity index (χ0n) is 19.0. The monoisotopic (exact) mass is 461 g/mol. The zero-order chi connectivity index (χ0) is 23.3. The van der Waals surface area contributed by atoms with E-state index < -0.39 is 10.0 Å². The molecule has 1 aliphatic heterocycles. The van der Waals surface area contributed by atoms with E-state index in [1.165, 1.54) is 4.31 Å². The summed E-state index contributed by atoms with van der Waals surface area (Å²) in [7, 11) is 1.76. The summed E-state index contributed by atoms with van der Waals surface area (Å²) in [5.41, 5.74) is 1.91. The second-order valence-electron chi connectivity index (χ2n) is 7.96. The molecule has 0 aromatic heterocycles. The average molecular weight is 462 g/mol. The number of benzene rings is 2. The molecule has 2 aromatic carbocycles. The molecule has 0 aliphatic carbocycles. The molecule has 1 amide bonds. The largest absolute Gasteiger partial charge is 0.497 e. The van der Waals surface area contributed by atoms with Crippen LogP contribution in [0.3, 0.4) is 0 Å². The first kappa shape index (κ1) is 24.0. The summed E-state index contributed by atoms with van der Waals surface area (Å²) in [4.78, 5) is 14.9. The maximum absolute atomic E-state index is 12.7. The first-order valence-electron chi connectivity index (χ1n) is 10.5. The molecule has 1 atom stereocenters. The maximum atomic E-state index is 12.7. The van der Waals surface area contributed by atoms with Crippen molar-refractivity contribution in [3.8, 4) is 11.5 Å². The highest BCUT2D eigenvalue weighted by atomic mass is 32.2. The van der Waals surface area contributed by atoms with Gasteiger partial charge < -0.3 is 19.7 Å². The Morgan fingerprint density at radius 1 is 1.03 bits per heavy atom. The van der Waals surface area contributed by atoms with E-state index in [4.69, 9.17) is 9.47 Å². The number of piperazine rings is 1. The molecule has 0 spiro atoms. The van der Waals surface area contributed by atoms with Gasteiger partial charge in [0.05, 0.1) is 26.0 Å². The van der Waals surface area contributed by atoms with Crippen LogP contribution in [-0.4, -0.2) is 71.0 Å². The predicted molar refractivity (Wildman–Crippen MR) is 124 cm³/mol. The highest BCUT2D eigenvalue weighted by molar-refractivity contribution is 7.88. The highest BCUT2D eigenvalue weighted by Crippen LogP contribution is 2.29. The number of rotatable bonds is 8. The van der Waals surface area contributed by atoms with Gasteiger partial charge in [-0.25, -0.2) is 8.42 Å². The van der Waals surface area contributed by atoms with E-state index in [0.717, 1.165) is 18.7 Å². The second-order valence-corrected chi connectivity index (χ2v) is 9.93. The molecule has 9 heteroatoms. The minimum atomic E-state index is -3.38. The molecule has 32 heavy (non-hydrogen) atoms. The fraction of sp³-hybridized carbons (Fsp3) is 0.435. The van der Waals surface area contributed by atoms with Gasteiger partial charge in [-0.15, -0.1) is 0 Å². The quantitative estimate of drug-likeness (QED) is 0.649. The summed E-state index contributed by atoms with van der Waals surface area (Å²) >= 11 is 0. The first-order valence-corrected chi connectivity index (χ1v) is 12.1. The number of carbonyl (C=O) groups excluding carboxylic acids is 1. The summed E-state index contributed by atoms with van der Waals surface area (Å²) < 4.78 is 37.6. The Kier molecular flexibility index (Phi) is 7.76. The fourth-order valence-corrected chi connectivity index (χ4v) is 5.17. The van der Waals surface area contributed by atoms with E-state index in [1.807, 2.05) is 20.0 Å². The van der Waals surface area contributed by atoms with Crippen LogP contribution < -0.4 is 14.8 Å². The van der Waals surface area contributed by atoms with Gasteiger partial charge >= 0.3 is 0 Å². The number of methoxy groups -OCH3 is 2. The molecule has 1 aliphatic rings. The van der Waals surface area contributed by atoms with Crippen LogP contribution in [0.1, 0.15) is 34.5 Å². The number of ether oxygens (including phenoxy) is 2. The lowest BCUT2D eigenvalue weighted by atomic mass is 10.1. The molecule has 1 fully saturated rings. The van der Waals surface area contributed by atoms with Crippen molar-refractivity contribution in [1.82, 2.24) is 14.5 Å². The third-order valence-corrected chi connectivity index (χ3v) is 7.52. The van der Waals surface area contributed by atoms with E-state index in [0.29, 0.717) is 35.7 Å². The second kappa shape index (κ2) is 10.3. The Labute approximate surface area is 190 Å². The number of nitrogens with one attached hydrogen (secondary N) is 1. The Hall–Kier alpha value is -2.62. The topological polar surface area (TPSA) is 88.2 Å². The summed E-state index contributed by atoms with van der Waals surface area (Å²) in [6.45, 7) is 4.34. The third-order valence-electron chi connectivity index (χ3n) is 5.67. The number of amides is 1. The van der Waals surface area contributed by atoms with Crippen molar-refractivity contribution >= 4 is 15.9 Å². The number of nitrogens with zero attached hydrogens (tertiary/aromatic N) is 2. The molecule has 0 saturated carbocycles. The van der Waals surface area contributed by atoms with Crippen molar-refractivity contribution in [3.05, 3.63) is 59.2 Å². The maximum Gasteiger partial charge on any atom is 0.251 e. The van der Waals surface area contributed by atoms with E-state index in [2.05, 4.69) is 10.2 Å². The summed E-state index contributed by atoms with van der Waals surface area (Å²) in [6.07, 6.45) is 0. The minimum Gasteiger partial charge on any atom is -0.497 e. The lowest BCUT2D eigenvalue weighted by Crippen LogP contribution is -2.47. The molecule has 0 radical (unpaired) electrons. The van der Waals surface area contributed by atoms with Crippen molar-refractivity contribution in [2.75, 3.05) is 47.4 Å². The Bertz CT molecular complexity index is 1030. The number of carbonyl (C=O) groups is 1. The van der Waals surface area contributed by atoms with Gasteiger partial charge in [0, 0.05) is 37.3 Å². The molecule has 1 saturated heterocycles. The lowest BCUT2D eigenvalue weighted by Gasteiger charge is -2.31. The van der Waals surface area contributed by atoms with E-state index in [1.54, 1.807) is 50.6 Å². The van der Waals surface area contributed by atoms with Crippen molar-refractivity contribution in [3.63, 3.8) is 0 Å². The lowest BCUT2D eigenvalue weighted by molar-refractivity contribution is 0.0939. The van der Waals surface area contributed by atoms with Crippen LogP contribution in [0.5, 0.6) is 11.5 Å². The number of hydrogen-bond acceptors (Lipinski definition) is 6. The summed E-state index contributed by atoms with van der Waals surface area (Å²) in [5.74, 6) is 1.00. The van der Waals surface area contributed by atoms with Gasteiger partial charge in [0.25, 0.3) is 5.91 Å². The van der Waals surface area contributed by atoms with Crippen LogP contribution >= 0.6 is 0 Å². The molecule has 174 valence electrons. The molecular formula is C23H31N3O5S. The van der Waals surface area contributed by atoms with Crippen molar-refractivity contribution in [2.45, 2.75) is 18.7 Å². The SMILES string of the molecule is COc1ccc(OC)c([C@@H](C)NC(=O)c2ccc(CS(=O)(=O)N3CCN(C)CC3)cc2)c1. The van der Waals surface area contributed by atoms with Gasteiger partial charge in [-0.05, 0) is 49.9 Å².